The Morgan fingerprint density at radius 2 is 1.96 bits per heavy atom. The Morgan fingerprint density at radius 1 is 1.20 bits per heavy atom. The zero-order chi connectivity index (χ0) is 17.7. The molecule has 0 spiro atoms. The van der Waals surface area contributed by atoms with Crippen LogP contribution in [0.2, 0.25) is 0 Å². The van der Waals surface area contributed by atoms with E-state index in [-0.39, 0.29) is 5.75 Å². The minimum Gasteiger partial charge on any atom is -0.312 e. The Bertz CT molecular complexity index is 631. The Hall–Kier alpha value is -0.950. The van der Waals surface area contributed by atoms with Crippen molar-refractivity contribution in [1.29, 1.82) is 0 Å². The molecule has 1 aromatic rings. The molecular formula is C19H31N3O2S. The monoisotopic (exact) mass is 365 g/mol. The van der Waals surface area contributed by atoms with Gasteiger partial charge in [0.15, 0.2) is 0 Å². The van der Waals surface area contributed by atoms with Gasteiger partial charge in [-0.15, -0.1) is 0 Å². The Balaban J connectivity index is 1.36. The molecule has 1 saturated carbocycles. The van der Waals surface area contributed by atoms with Crippen LogP contribution >= 0.6 is 0 Å². The second kappa shape index (κ2) is 8.62. The van der Waals surface area contributed by atoms with Crippen molar-refractivity contribution in [2.45, 2.75) is 44.7 Å². The maximum atomic E-state index is 12.0. The Labute approximate surface area is 152 Å². The Morgan fingerprint density at radius 3 is 2.64 bits per heavy atom. The fraction of sp³-hybridized carbons (Fsp3) is 0.684. The molecule has 1 aromatic carbocycles. The molecule has 2 fully saturated rings. The van der Waals surface area contributed by atoms with E-state index in [9.17, 15) is 8.42 Å². The molecule has 1 saturated heterocycles. The molecule has 2 atom stereocenters. The van der Waals surface area contributed by atoms with Crippen LogP contribution in [-0.4, -0.2) is 51.3 Å². The minimum absolute atomic E-state index is 0.171. The van der Waals surface area contributed by atoms with Gasteiger partial charge in [0.2, 0.25) is 10.0 Å². The van der Waals surface area contributed by atoms with Gasteiger partial charge in [-0.05, 0) is 37.7 Å². The average molecular weight is 366 g/mol. The summed E-state index contributed by atoms with van der Waals surface area (Å²) in [6.07, 6.45) is 4.65. The van der Waals surface area contributed by atoms with Crippen molar-refractivity contribution >= 4 is 10.0 Å². The highest BCUT2D eigenvalue weighted by molar-refractivity contribution is 7.89. The smallest absolute Gasteiger partial charge is 0.212 e. The summed E-state index contributed by atoms with van der Waals surface area (Å²) in [5, 5.41) is 3.43. The van der Waals surface area contributed by atoms with Crippen LogP contribution in [-0.2, 0) is 10.0 Å². The second-order valence-corrected chi connectivity index (χ2v) is 9.41. The summed E-state index contributed by atoms with van der Waals surface area (Å²) in [4.78, 5) is 2.47. The highest BCUT2D eigenvalue weighted by Gasteiger charge is 2.27. The molecule has 140 valence electrons. The number of benzene rings is 1. The molecular weight excluding hydrogens is 334 g/mol. The van der Waals surface area contributed by atoms with Crippen LogP contribution < -0.4 is 10.0 Å². The van der Waals surface area contributed by atoms with Gasteiger partial charge in [0.25, 0.3) is 0 Å². The van der Waals surface area contributed by atoms with Gasteiger partial charge in [-0.1, -0.05) is 36.8 Å². The number of sulfonamides is 1. The number of hydrogen-bond acceptors (Lipinski definition) is 4. The summed E-state index contributed by atoms with van der Waals surface area (Å²) in [6.45, 7) is 5.42. The summed E-state index contributed by atoms with van der Waals surface area (Å²) < 4.78 is 26.8. The first-order valence-electron chi connectivity index (χ1n) is 9.53. The van der Waals surface area contributed by atoms with Gasteiger partial charge in [0.1, 0.15) is 0 Å². The summed E-state index contributed by atoms with van der Waals surface area (Å²) in [5.74, 6) is 0.732. The van der Waals surface area contributed by atoms with Crippen molar-refractivity contribution in [3.8, 4) is 0 Å². The number of nitrogens with one attached hydrogen (secondary N) is 2. The van der Waals surface area contributed by atoms with Crippen LogP contribution in [0.15, 0.2) is 30.3 Å². The van der Waals surface area contributed by atoms with E-state index in [2.05, 4.69) is 46.1 Å². The molecule has 3 rings (SSSR count). The lowest BCUT2D eigenvalue weighted by molar-refractivity contribution is 0.256. The highest BCUT2D eigenvalue weighted by Crippen LogP contribution is 2.25. The molecule has 25 heavy (non-hydrogen) atoms. The molecule has 1 aliphatic heterocycles. The molecule has 2 aliphatic rings. The van der Waals surface area contributed by atoms with Gasteiger partial charge in [0, 0.05) is 38.3 Å². The summed E-state index contributed by atoms with van der Waals surface area (Å²) in [5.41, 5.74) is 1.34. The first kappa shape index (κ1) is 18.8. The van der Waals surface area contributed by atoms with Crippen molar-refractivity contribution < 1.29 is 8.42 Å². The molecule has 1 heterocycles. The van der Waals surface area contributed by atoms with Gasteiger partial charge in [-0.3, -0.25) is 4.90 Å². The normalized spacial score (nSPS) is 23.5. The number of rotatable bonds is 9. The topological polar surface area (TPSA) is 61.4 Å². The van der Waals surface area contributed by atoms with Crippen molar-refractivity contribution in [1.82, 2.24) is 14.9 Å². The number of nitrogens with zero attached hydrogens (tertiary/aromatic N) is 1. The van der Waals surface area contributed by atoms with Crippen molar-refractivity contribution in [2.24, 2.45) is 5.92 Å². The molecule has 0 unspecified atom stereocenters. The highest BCUT2D eigenvalue weighted by atomic mass is 32.2. The van der Waals surface area contributed by atoms with Crippen molar-refractivity contribution in [2.75, 3.05) is 31.9 Å². The van der Waals surface area contributed by atoms with E-state index < -0.39 is 10.0 Å². The van der Waals surface area contributed by atoms with Crippen LogP contribution in [0.1, 0.15) is 44.2 Å². The van der Waals surface area contributed by atoms with Gasteiger partial charge in [-0.25, -0.2) is 13.1 Å². The molecule has 2 N–H and O–H groups in total. The molecule has 0 bridgehead atoms. The SMILES string of the molecule is C[C@@H](c1ccccc1)N1CC[C@H](NCCS(=O)(=O)NCC2CCC2)C1. The van der Waals surface area contributed by atoms with E-state index in [1.54, 1.807) is 0 Å². The maximum Gasteiger partial charge on any atom is 0.212 e. The largest absolute Gasteiger partial charge is 0.312 e. The lowest BCUT2D eigenvalue weighted by Crippen LogP contribution is -2.40. The van der Waals surface area contributed by atoms with Crippen LogP contribution in [0.3, 0.4) is 0 Å². The summed E-state index contributed by atoms with van der Waals surface area (Å²) >= 11 is 0. The van der Waals surface area contributed by atoms with E-state index in [1.165, 1.54) is 12.0 Å². The molecule has 0 aromatic heterocycles. The van der Waals surface area contributed by atoms with Crippen molar-refractivity contribution in [3.63, 3.8) is 0 Å². The standard InChI is InChI=1S/C19H31N3O2S/c1-16(18-8-3-2-4-9-18)22-12-10-19(15-22)20-11-13-25(23,24)21-14-17-6-5-7-17/h2-4,8-9,16-17,19-21H,5-7,10-15H2,1H3/t16-,19-/m0/s1. The van der Waals surface area contributed by atoms with E-state index >= 15 is 0 Å². The summed E-state index contributed by atoms with van der Waals surface area (Å²) in [7, 11) is -3.14. The van der Waals surface area contributed by atoms with Crippen LogP contribution in [0, 0.1) is 5.92 Å². The number of hydrogen-bond donors (Lipinski definition) is 2. The summed E-state index contributed by atoms with van der Waals surface area (Å²) in [6, 6.07) is 11.3. The molecule has 6 heteroatoms. The average Bonchev–Trinajstić information content (AvgIpc) is 3.02. The molecule has 5 nitrogen and oxygen atoms in total. The molecule has 1 aliphatic carbocycles. The molecule has 0 radical (unpaired) electrons. The Kier molecular flexibility index (Phi) is 6.49. The third-order valence-corrected chi connectivity index (χ3v) is 7.02. The van der Waals surface area contributed by atoms with E-state index in [4.69, 9.17) is 0 Å². The predicted octanol–water partition coefficient (Wildman–Crippen LogP) is 2.13. The minimum atomic E-state index is -3.14. The molecule has 0 amide bonds. The van der Waals surface area contributed by atoms with Gasteiger partial charge < -0.3 is 5.32 Å². The maximum absolute atomic E-state index is 12.0. The van der Waals surface area contributed by atoms with Gasteiger partial charge in [0.05, 0.1) is 5.75 Å². The third kappa shape index (κ3) is 5.51. The first-order valence-corrected chi connectivity index (χ1v) is 11.2. The van der Waals surface area contributed by atoms with Gasteiger partial charge in [-0.2, -0.15) is 0 Å². The van der Waals surface area contributed by atoms with Crippen LogP contribution in [0.25, 0.3) is 0 Å². The van der Waals surface area contributed by atoms with E-state index in [0.717, 1.165) is 32.4 Å². The van der Waals surface area contributed by atoms with Crippen LogP contribution in [0.5, 0.6) is 0 Å². The van der Waals surface area contributed by atoms with Crippen molar-refractivity contribution in [3.05, 3.63) is 35.9 Å². The predicted molar refractivity (Wildman–Crippen MR) is 102 cm³/mol. The second-order valence-electron chi connectivity index (χ2n) is 7.49. The lowest BCUT2D eigenvalue weighted by atomic mass is 9.86. The third-order valence-electron chi connectivity index (χ3n) is 5.67. The zero-order valence-corrected chi connectivity index (χ0v) is 16.0. The zero-order valence-electron chi connectivity index (χ0n) is 15.2. The number of likely N-dealkylation sites (tertiary alicyclic amines) is 1. The van der Waals surface area contributed by atoms with E-state index in [0.29, 0.717) is 31.1 Å². The quantitative estimate of drug-likeness (QED) is 0.704. The lowest BCUT2D eigenvalue weighted by Gasteiger charge is -2.25. The van der Waals surface area contributed by atoms with Crippen LogP contribution in [0.4, 0.5) is 0 Å². The first-order chi connectivity index (χ1) is 12.0. The fourth-order valence-corrected chi connectivity index (χ4v) is 4.68. The van der Waals surface area contributed by atoms with E-state index in [1.807, 2.05) is 6.07 Å². The fourth-order valence-electron chi connectivity index (χ4n) is 3.66. The van der Waals surface area contributed by atoms with Gasteiger partial charge >= 0.3 is 0 Å².